The van der Waals surface area contributed by atoms with E-state index < -0.39 is 5.41 Å². The maximum Gasteiger partial charge on any atom is 0.252 e. The van der Waals surface area contributed by atoms with Crippen LogP contribution in [0.2, 0.25) is 0 Å². The molecule has 1 aromatic heterocycles. The molecule has 1 saturated heterocycles. The van der Waals surface area contributed by atoms with E-state index in [0.29, 0.717) is 26.1 Å². The van der Waals surface area contributed by atoms with Crippen molar-refractivity contribution in [2.75, 3.05) is 17.6 Å². The number of hydrogen-bond donors (Lipinski definition) is 0. The molecule has 3 heterocycles. The van der Waals surface area contributed by atoms with Crippen LogP contribution in [0.5, 0.6) is 0 Å². The Hall–Kier alpha value is -1.13. The Morgan fingerprint density at radius 1 is 1.44 bits per heavy atom. The Bertz CT molecular complexity index is 443. The lowest BCUT2D eigenvalue weighted by Crippen LogP contribution is -2.41. The second-order valence-electron chi connectivity index (χ2n) is 4.17. The second-order valence-corrected chi connectivity index (χ2v) is 4.51. The molecule has 1 amide bonds. The summed E-state index contributed by atoms with van der Waals surface area (Å²) in [5.74, 6) is -0.0412. The van der Waals surface area contributed by atoms with Gasteiger partial charge in [-0.3, -0.25) is 9.78 Å². The molecular weight excluding hydrogens is 228 g/mol. The molecule has 1 spiro atoms. The number of aromatic nitrogens is 1. The van der Waals surface area contributed by atoms with Crippen molar-refractivity contribution in [1.82, 2.24) is 4.98 Å². The number of ether oxygens (including phenoxy) is 1. The number of pyridine rings is 1. The van der Waals surface area contributed by atoms with E-state index in [1.807, 2.05) is 0 Å². The van der Waals surface area contributed by atoms with Crippen LogP contribution >= 0.6 is 11.8 Å². The van der Waals surface area contributed by atoms with E-state index >= 15 is 0 Å². The molecule has 0 atom stereocenters. The molecule has 4 nitrogen and oxygen atoms in total. The highest BCUT2D eigenvalue weighted by Gasteiger charge is 2.51. The lowest BCUT2D eigenvalue weighted by atomic mass is 9.76. The molecule has 0 unspecified atom stereocenters. The zero-order valence-corrected chi connectivity index (χ0v) is 9.41. The third-order valence-electron chi connectivity index (χ3n) is 3.46. The molecular formula is C11H11ClN2O2. The van der Waals surface area contributed by atoms with Gasteiger partial charge >= 0.3 is 0 Å². The van der Waals surface area contributed by atoms with Crippen molar-refractivity contribution >= 4 is 23.4 Å². The maximum atomic E-state index is 12.2. The molecule has 5 heteroatoms. The molecule has 0 aliphatic carbocycles. The Labute approximate surface area is 98.3 Å². The lowest BCUT2D eigenvalue weighted by molar-refractivity contribution is -0.125. The Balaban J connectivity index is 2.16. The van der Waals surface area contributed by atoms with E-state index in [1.54, 1.807) is 18.5 Å². The zero-order chi connectivity index (χ0) is 11.2. The maximum absolute atomic E-state index is 12.2. The van der Waals surface area contributed by atoms with Gasteiger partial charge in [-0.25, -0.2) is 4.42 Å². The predicted octanol–water partition coefficient (Wildman–Crippen LogP) is 1.63. The molecule has 2 aliphatic rings. The van der Waals surface area contributed by atoms with Crippen LogP contribution in [0, 0.1) is 0 Å². The van der Waals surface area contributed by atoms with Gasteiger partial charge < -0.3 is 4.74 Å². The SMILES string of the molecule is O=C1N(Cl)c2ccncc2C12CCOCC2. The van der Waals surface area contributed by atoms with Gasteiger partial charge in [0.2, 0.25) is 0 Å². The summed E-state index contributed by atoms with van der Waals surface area (Å²) in [5.41, 5.74) is 1.21. The van der Waals surface area contributed by atoms with E-state index in [2.05, 4.69) is 4.98 Å². The lowest BCUT2D eigenvalue weighted by Gasteiger charge is -2.31. The Morgan fingerprint density at radius 3 is 2.94 bits per heavy atom. The minimum Gasteiger partial charge on any atom is -0.381 e. The van der Waals surface area contributed by atoms with E-state index in [1.165, 1.54) is 4.42 Å². The summed E-state index contributed by atoms with van der Waals surface area (Å²) < 4.78 is 6.55. The minimum atomic E-state index is -0.496. The van der Waals surface area contributed by atoms with Crippen molar-refractivity contribution in [2.24, 2.45) is 0 Å². The summed E-state index contributed by atoms with van der Waals surface area (Å²) in [7, 11) is 0. The molecule has 0 radical (unpaired) electrons. The second kappa shape index (κ2) is 3.43. The number of nitrogens with zero attached hydrogens (tertiary/aromatic N) is 2. The van der Waals surface area contributed by atoms with Crippen LogP contribution < -0.4 is 4.42 Å². The molecule has 1 fully saturated rings. The summed E-state index contributed by atoms with van der Waals surface area (Å²) in [6.45, 7) is 1.20. The number of rotatable bonds is 0. The smallest absolute Gasteiger partial charge is 0.252 e. The fraction of sp³-hybridized carbons (Fsp3) is 0.455. The third kappa shape index (κ3) is 1.14. The summed E-state index contributed by atoms with van der Waals surface area (Å²) in [6, 6.07) is 1.78. The van der Waals surface area contributed by atoms with Gasteiger partial charge in [-0.15, -0.1) is 0 Å². The van der Waals surface area contributed by atoms with E-state index in [-0.39, 0.29) is 5.91 Å². The predicted molar refractivity (Wildman–Crippen MR) is 59.3 cm³/mol. The summed E-state index contributed by atoms with van der Waals surface area (Å²) >= 11 is 6.03. The molecule has 3 rings (SSSR count). The topological polar surface area (TPSA) is 42.4 Å². The van der Waals surface area contributed by atoms with Gasteiger partial charge in [0.25, 0.3) is 5.91 Å². The summed E-state index contributed by atoms with van der Waals surface area (Å²) in [4.78, 5) is 16.3. The fourth-order valence-corrected chi connectivity index (χ4v) is 2.85. The van der Waals surface area contributed by atoms with E-state index in [4.69, 9.17) is 16.5 Å². The number of hydrogen-bond acceptors (Lipinski definition) is 3. The van der Waals surface area contributed by atoms with Gasteiger partial charge in [0.1, 0.15) is 0 Å². The largest absolute Gasteiger partial charge is 0.381 e. The van der Waals surface area contributed by atoms with E-state index in [0.717, 1.165) is 11.3 Å². The fourth-order valence-electron chi connectivity index (χ4n) is 2.54. The first kappa shape index (κ1) is 10.1. The van der Waals surface area contributed by atoms with Gasteiger partial charge in [0.05, 0.1) is 11.1 Å². The third-order valence-corrected chi connectivity index (χ3v) is 3.79. The molecule has 1 aromatic rings. The van der Waals surface area contributed by atoms with Crippen LogP contribution in [-0.4, -0.2) is 24.1 Å². The number of halogens is 1. The molecule has 0 saturated carbocycles. The quantitative estimate of drug-likeness (QED) is 0.646. The van der Waals surface area contributed by atoms with Gasteiger partial charge in [-0.2, -0.15) is 0 Å². The van der Waals surface area contributed by atoms with Gasteiger partial charge in [-0.1, -0.05) is 0 Å². The summed E-state index contributed by atoms with van der Waals surface area (Å²) in [5, 5.41) is 0. The molecule has 0 aromatic carbocycles. The van der Waals surface area contributed by atoms with Gasteiger partial charge in [0.15, 0.2) is 0 Å². The Morgan fingerprint density at radius 2 is 2.19 bits per heavy atom. The van der Waals surface area contributed by atoms with Gasteiger partial charge in [-0.05, 0) is 18.9 Å². The molecule has 84 valence electrons. The van der Waals surface area contributed by atoms with Gasteiger partial charge in [0, 0.05) is 42.9 Å². The van der Waals surface area contributed by atoms with Crippen molar-refractivity contribution in [3.63, 3.8) is 0 Å². The number of fused-ring (bicyclic) bond motifs is 2. The van der Waals surface area contributed by atoms with E-state index in [9.17, 15) is 4.79 Å². The monoisotopic (exact) mass is 238 g/mol. The molecule has 0 bridgehead atoms. The highest BCUT2D eigenvalue weighted by Crippen LogP contribution is 2.47. The minimum absolute atomic E-state index is 0.0412. The van der Waals surface area contributed by atoms with Crippen LogP contribution in [0.25, 0.3) is 0 Å². The molecule has 16 heavy (non-hydrogen) atoms. The normalized spacial score (nSPS) is 22.6. The first-order valence-corrected chi connectivity index (χ1v) is 5.62. The van der Waals surface area contributed by atoms with Crippen LogP contribution in [-0.2, 0) is 14.9 Å². The van der Waals surface area contributed by atoms with Crippen LogP contribution in [0.3, 0.4) is 0 Å². The number of anilines is 1. The summed E-state index contributed by atoms with van der Waals surface area (Å²) in [6.07, 6.45) is 4.78. The first-order valence-electron chi connectivity index (χ1n) is 5.28. The average Bonchev–Trinajstić information content (AvgIpc) is 2.55. The molecule has 2 aliphatic heterocycles. The highest BCUT2D eigenvalue weighted by atomic mass is 35.5. The van der Waals surface area contributed by atoms with Crippen LogP contribution in [0.1, 0.15) is 18.4 Å². The number of carbonyl (C=O) groups is 1. The van der Waals surface area contributed by atoms with Crippen molar-refractivity contribution < 1.29 is 9.53 Å². The molecule has 0 N–H and O–H groups in total. The van der Waals surface area contributed by atoms with Crippen molar-refractivity contribution in [3.05, 3.63) is 24.0 Å². The van der Waals surface area contributed by atoms with Crippen molar-refractivity contribution in [2.45, 2.75) is 18.3 Å². The van der Waals surface area contributed by atoms with Crippen LogP contribution in [0.15, 0.2) is 18.5 Å². The first-order chi connectivity index (χ1) is 7.76. The average molecular weight is 239 g/mol. The number of carbonyl (C=O) groups excluding carboxylic acids is 1. The highest BCUT2D eigenvalue weighted by molar-refractivity contribution is 6.40. The van der Waals surface area contributed by atoms with Crippen molar-refractivity contribution in [1.29, 1.82) is 0 Å². The Kier molecular flexibility index (Phi) is 2.16. The zero-order valence-electron chi connectivity index (χ0n) is 8.65. The van der Waals surface area contributed by atoms with Crippen LogP contribution in [0.4, 0.5) is 5.69 Å². The number of amides is 1. The van der Waals surface area contributed by atoms with Crippen molar-refractivity contribution in [3.8, 4) is 0 Å². The standard InChI is InChI=1S/C11H11ClN2O2/c12-14-9-1-4-13-7-8(9)11(10(14)15)2-5-16-6-3-11/h1,4,7H,2-3,5-6H2.